The Morgan fingerprint density at radius 1 is 1.00 bits per heavy atom. The molecule has 2 aromatic heterocycles. The monoisotopic (exact) mass is 400 g/mol. The SMILES string of the molecule is COC(=O)CCc1cccc(-c2cccc(-c3cc(=O)n(O)c4ncccc34)c2)c1. The van der Waals surface area contributed by atoms with Crippen molar-refractivity contribution in [3.05, 3.63) is 88.8 Å². The van der Waals surface area contributed by atoms with Crippen LogP contribution in [0.15, 0.2) is 77.7 Å². The molecule has 0 aliphatic heterocycles. The van der Waals surface area contributed by atoms with Crippen LogP contribution < -0.4 is 5.56 Å². The third-order valence-electron chi connectivity index (χ3n) is 5.03. The first-order valence-corrected chi connectivity index (χ1v) is 9.53. The van der Waals surface area contributed by atoms with E-state index in [-0.39, 0.29) is 11.6 Å². The highest BCUT2D eigenvalue weighted by Crippen LogP contribution is 2.30. The third-order valence-corrected chi connectivity index (χ3v) is 5.03. The molecule has 4 aromatic rings. The van der Waals surface area contributed by atoms with Gasteiger partial charge >= 0.3 is 5.97 Å². The molecule has 6 nitrogen and oxygen atoms in total. The Morgan fingerprint density at radius 2 is 1.73 bits per heavy atom. The summed E-state index contributed by atoms with van der Waals surface area (Å²) in [5.74, 6) is -0.235. The highest BCUT2D eigenvalue weighted by molar-refractivity contribution is 5.93. The number of rotatable bonds is 5. The Balaban J connectivity index is 1.75. The molecule has 0 saturated heterocycles. The van der Waals surface area contributed by atoms with Gasteiger partial charge in [0.2, 0.25) is 0 Å². The number of pyridine rings is 2. The van der Waals surface area contributed by atoms with Crippen LogP contribution >= 0.6 is 0 Å². The summed E-state index contributed by atoms with van der Waals surface area (Å²) in [5.41, 5.74) is 4.28. The van der Waals surface area contributed by atoms with E-state index >= 15 is 0 Å². The number of carbonyl (C=O) groups excluding carboxylic acids is 1. The van der Waals surface area contributed by atoms with E-state index in [1.54, 1.807) is 6.07 Å². The van der Waals surface area contributed by atoms with Crippen molar-refractivity contribution in [3.63, 3.8) is 0 Å². The first-order valence-electron chi connectivity index (χ1n) is 9.53. The molecular weight excluding hydrogens is 380 g/mol. The fourth-order valence-electron chi connectivity index (χ4n) is 3.50. The van der Waals surface area contributed by atoms with Crippen molar-refractivity contribution in [3.8, 4) is 22.3 Å². The molecule has 0 saturated carbocycles. The average Bonchev–Trinajstić information content (AvgIpc) is 2.80. The lowest BCUT2D eigenvalue weighted by molar-refractivity contribution is -0.140. The highest BCUT2D eigenvalue weighted by Gasteiger charge is 2.12. The van der Waals surface area contributed by atoms with E-state index in [0.29, 0.717) is 28.5 Å². The summed E-state index contributed by atoms with van der Waals surface area (Å²) in [6.07, 6.45) is 2.47. The zero-order valence-corrected chi connectivity index (χ0v) is 16.4. The number of ether oxygens (including phenoxy) is 1. The van der Waals surface area contributed by atoms with Gasteiger partial charge in [-0.2, -0.15) is 0 Å². The topological polar surface area (TPSA) is 81.4 Å². The van der Waals surface area contributed by atoms with Gasteiger partial charge in [-0.25, -0.2) is 4.98 Å². The normalized spacial score (nSPS) is 10.8. The van der Waals surface area contributed by atoms with Crippen molar-refractivity contribution in [1.82, 2.24) is 9.71 Å². The number of esters is 1. The third kappa shape index (κ3) is 3.80. The summed E-state index contributed by atoms with van der Waals surface area (Å²) in [5, 5.41) is 10.7. The van der Waals surface area contributed by atoms with Crippen molar-refractivity contribution in [2.24, 2.45) is 0 Å². The van der Waals surface area contributed by atoms with Gasteiger partial charge in [0.05, 0.1) is 7.11 Å². The number of nitrogens with zero attached hydrogens (tertiary/aromatic N) is 2. The number of hydrogen-bond acceptors (Lipinski definition) is 5. The molecule has 1 N–H and O–H groups in total. The van der Waals surface area contributed by atoms with E-state index in [0.717, 1.165) is 22.3 Å². The highest BCUT2D eigenvalue weighted by atomic mass is 16.5. The lowest BCUT2D eigenvalue weighted by Gasteiger charge is -2.11. The number of fused-ring (bicyclic) bond motifs is 1. The number of carbonyl (C=O) groups is 1. The molecule has 0 unspecified atom stereocenters. The molecule has 0 fully saturated rings. The molecule has 0 radical (unpaired) electrons. The standard InChI is InChI=1S/C24H20N2O4/c1-30-23(28)11-10-16-5-2-6-17(13-16)18-7-3-8-19(14-18)21-15-22(27)26(29)24-20(21)9-4-12-25-24/h2-9,12-15,29H,10-11H2,1H3. The van der Waals surface area contributed by atoms with Gasteiger partial charge in [-0.15, -0.1) is 4.73 Å². The van der Waals surface area contributed by atoms with E-state index in [4.69, 9.17) is 4.74 Å². The molecular formula is C24H20N2O4. The second-order valence-corrected chi connectivity index (χ2v) is 6.94. The Hall–Kier alpha value is -3.93. The van der Waals surface area contributed by atoms with Crippen molar-refractivity contribution in [1.29, 1.82) is 0 Å². The van der Waals surface area contributed by atoms with Crippen molar-refractivity contribution >= 4 is 17.0 Å². The molecule has 4 rings (SSSR count). The summed E-state index contributed by atoms with van der Waals surface area (Å²) in [7, 11) is 1.39. The first kappa shape index (κ1) is 19.4. The molecule has 6 heteroatoms. The molecule has 0 atom stereocenters. The Labute approximate surface area is 173 Å². The molecule has 0 aliphatic rings. The van der Waals surface area contributed by atoms with Crippen LogP contribution in [0.25, 0.3) is 33.3 Å². The van der Waals surface area contributed by atoms with Gasteiger partial charge in [-0.05, 0) is 52.4 Å². The molecule has 30 heavy (non-hydrogen) atoms. The molecule has 150 valence electrons. The molecule has 2 heterocycles. The van der Waals surface area contributed by atoms with Gasteiger partial charge in [-0.1, -0.05) is 42.5 Å². The first-order chi connectivity index (χ1) is 14.6. The largest absolute Gasteiger partial charge is 0.469 e. The summed E-state index contributed by atoms with van der Waals surface area (Å²) in [4.78, 5) is 27.8. The van der Waals surface area contributed by atoms with Crippen LogP contribution in [0.3, 0.4) is 0 Å². The van der Waals surface area contributed by atoms with Crippen LogP contribution in [0.5, 0.6) is 0 Å². The Kier molecular flexibility index (Phi) is 5.30. The predicted octanol–water partition coefficient (Wildman–Crippen LogP) is 4.07. The van der Waals surface area contributed by atoms with Gasteiger partial charge in [0.1, 0.15) is 0 Å². The number of methoxy groups -OCH3 is 1. The van der Waals surface area contributed by atoms with Gasteiger partial charge in [-0.3, -0.25) is 9.59 Å². The summed E-state index contributed by atoms with van der Waals surface area (Å²) in [6, 6.07) is 20.9. The van der Waals surface area contributed by atoms with E-state index in [2.05, 4.69) is 4.98 Å². The molecule has 0 amide bonds. The van der Waals surface area contributed by atoms with Crippen molar-refractivity contribution in [2.45, 2.75) is 12.8 Å². The van der Waals surface area contributed by atoms with Crippen LogP contribution in [-0.4, -0.2) is 28.0 Å². The maximum atomic E-state index is 12.2. The second kappa shape index (κ2) is 8.21. The van der Waals surface area contributed by atoms with Crippen LogP contribution in [0.2, 0.25) is 0 Å². The minimum atomic E-state index is -0.536. The minimum Gasteiger partial charge on any atom is -0.469 e. The number of aromatic nitrogens is 2. The van der Waals surface area contributed by atoms with Crippen LogP contribution in [0.1, 0.15) is 12.0 Å². The average molecular weight is 400 g/mol. The lowest BCUT2D eigenvalue weighted by atomic mass is 9.96. The smallest absolute Gasteiger partial charge is 0.305 e. The number of aryl methyl sites for hydroxylation is 1. The predicted molar refractivity (Wildman–Crippen MR) is 114 cm³/mol. The van der Waals surface area contributed by atoms with E-state index < -0.39 is 5.56 Å². The minimum absolute atomic E-state index is 0.218. The van der Waals surface area contributed by atoms with Gasteiger partial charge < -0.3 is 9.94 Å². The quantitative estimate of drug-likeness (QED) is 0.403. The van der Waals surface area contributed by atoms with Crippen molar-refractivity contribution < 1.29 is 14.7 Å². The summed E-state index contributed by atoms with van der Waals surface area (Å²) in [6.45, 7) is 0. The maximum absolute atomic E-state index is 12.2. The maximum Gasteiger partial charge on any atom is 0.305 e. The fourth-order valence-corrected chi connectivity index (χ4v) is 3.50. The van der Waals surface area contributed by atoms with Crippen molar-refractivity contribution in [2.75, 3.05) is 7.11 Å². The van der Waals surface area contributed by atoms with E-state index in [9.17, 15) is 14.8 Å². The van der Waals surface area contributed by atoms with Crippen LogP contribution in [0.4, 0.5) is 0 Å². The Bertz CT molecular complexity index is 1290. The van der Waals surface area contributed by atoms with Gasteiger partial charge in [0.25, 0.3) is 5.56 Å². The van der Waals surface area contributed by atoms with Crippen LogP contribution in [-0.2, 0) is 16.0 Å². The zero-order valence-electron chi connectivity index (χ0n) is 16.4. The fraction of sp³-hybridized carbons (Fsp3) is 0.125. The second-order valence-electron chi connectivity index (χ2n) is 6.94. The Morgan fingerprint density at radius 3 is 2.53 bits per heavy atom. The summed E-state index contributed by atoms with van der Waals surface area (Å²) < 4.78 is 5.28. The number of hydrogen-bond donors (Lipinski definition) is 1. The molecule has 0 aliphatic carbocycles. The van der Waals surface area contributed by atoms with Gasteiger partial charge in [0, 0.05) is 24.1 Å². The zero-order chi connectivity index (χ0) is 21.1. The number of benzene rings is 2. The molecule has 0 spiro atoms. The van der Waals surface area contributed by atoms with Crippen LogP contribution in [0, 0.1) is 0 Å². The molecule has 0 bridgehead atoms. The van der Waals surface area contributed by atoms with Gasteiger partial charge in [0.15, 0.2) is 5.65 Å². The molecule has 2 aromatic carbocycles. The summed E-state index contributed by atoms with van der Waals surface area (Å²) >= 11 is 0. The lowest BCUT2D eigenvalue weighted by Crippen LogP contribution is -2.18. The van der Waals surface area contributed by atoms with E-state index in [1.807, 2.05) is 54.6 Å². The van der Waals surface area contributed by atoms with E-state index in [1.165, 1.54) is 19.4 Å².